The Kier molecular flexibility index (Phi) is 11.4. The number of rotatable bonds is 4. The molecule has 0 radical (unpaired) electrons. The van der Waals surface area contributed by atoms with Gasteiger partial charge in [-0.2, -0.15) is 4.79 Å². The normalized spacial score (nSPS) is 7.67. The Bertz CT molecular complexity index is 407. The molecular weight excluding hydrogens is 228 g/mol. The third-order valence-electron chi connectivity index (χ3n) is 1.67. The molecule has 0 spiro atoms. The maximum atomic E-state index is 11.4. The van der Waals surface area contributed by atoms with Gasteiger partial charge in [0.1, 0.15) is 6.61 Å². The van der Waals surface area contributed by atoms with Crippen LogP contribution in [-0.4, -0.2) is 23.1 Å². The van der Waals surface area contributed by atoms with Crippen molar-refractivity contribution in [3.63, 3.8) is 0 Å². The Balaban J connectivity index is 0. The first kappa shape index (κ1) is 18.2. The van der Waals surface area contributed by atoms with E-state index in [1.165, 1.54) is 6.08 Å². The topological polar surface area (TPSA) is 62.7 Å². The molecule has 0 aromatic heterocycles. The fourth-order valence-corrected chi connectivity index (χ4v) is 1.02. The number of ether oxygens (including phenoxy) is 1. The molecule has 0 N–H and O–H groups in total. The summed E-state index contributed by atoms with van der Waals surface area (Å²) >= 11 is 0. The molecule has 0 heterocycles. The summed E-state index contributed by atoms with van der Waals surface area (Å²) < 4.78 is 4.75. The van der Waals surface area contributed by atoms with Crippen molar-refractivity contribution in [2.24, 2.45) is 0 Å². The highest BCUT2D eigenvalue weighted by molar-refractivity contribution is 6.40. The first-order valence-corrected chi connectivity index (χ1v) is 5.35. The Morgan fingerprint density at radius 2 is 1.94 bits per heavy atom. The second-order valence-corrected chi connectivity index (χ2v) is 2.70. The minimum Gasteiger partial charge on any atom is -0.453 e. The lowest BCUT2D eigenvalue weighted by Crippen LogP contribution is -2.19. The molecule has 0 fully saturated rings. The third-order valence-corrected chi connectivity index (χ3v) is 1.67. The molecule has 98 valence electrons. The van der Waals surface area contributed by atoms with Crippen LogP contribution in [0.1, 0.15) is 26.8 Å². The highest BCUT2D eigenvalue weighted by atomic mass is 16.5. The van der Waals surface area contributed by atoms with Crippen molar-refractivity contribution >= 4 is 11.7 Å². The molecule has 0 aliphatic carbocycles. The molecule has 4 nitrogen and oxygen atoms in total. The zero-order valence-corrected chi connectivity index (χ0v) is 10.1. The van der Waals surface area contributed by atoms with Gasteiger partial charge in [0.2, 0.25) is 0 Å². The van der Waals surface area contributed by atoms with Crippen LogP contribution in [0.15, 0.2) is 43.0 Å². The maximum absolute atomic E-state index is 11.4. The Labute approximate surface area is 109 Å². The monoisotopic (exact) mass is 248 g/mol. The molecule has 1 aromatic rings. The number of nitrogens with zero attached hydrogens (tertiary/aromatic N) is 2. The van der Waals surface area contributed by atoms with E-state index < -0.39 is 5.97 Å². The molecule has 0 aliphatic rings. The summed E-state index contributed by atoms with van der Waals surface area (Å²) in [4.78, 5) is 14.3. The van der Waals surface area contributed by atoms with Crippen molar-refractivity contribution < 1.29 is 14.3 Å². The maximum Gasteiger partial charge on any atom is 0.422 e. The SMILES string of the molecule is C.C=CCOC(=O)C(=[N+]=[N-])c1ccccc1.CC. The van der Waals surface area contributed by atoms with Crippen LogP contribution in [0.3, 0.4) is 0 Å². The van der Waals surface area contributed by atoms with Crippen LogP contribution in [-0.2, 0) is 9.53 Å². The van der Waals surface area contributed by atoms with Crippen molar-refractivity contribution in [1.29, 1.82) is 0 Å². The van der Waals surface area contributed by atoms with Crippen LogP contribution in [0.25, 0.3) is 5.53 Å². The number of esters is 1. The molecule has 0 atom stereocenters. The second-order valence-electron chi connectivity index (χ2n) is 2.70. The van der Waals surface area contributed by atoms with Crippen LogP contribution < -0.4 is 0 Å². The number of hydrogen-bond donors (Lipinski definition) is 0. The van der Waals surface area contributed by atoms with Gasteiger partial charge in [0.25, 0.3) is 0 Å². The summed E-state index contributed by atoms with van der Waals surface area (Å²) in [6, 6.07) is 8.59. The molecule has 1 aromatic carbocycles. The van der Waals surface area contributed by atoms with Crippen LogP contribution in [0.4, 0.5) is 0 Å². The van der Waals surface area contributed by atoms with Gasteiger partial charge in [-0.3, -0.25) is 0 Å². The van der Waals surface area contributed by atoms with E-state index in [1.807, 2.05) is 13.8 Å². The lowest BCUT2D eigenvalue weighted by molar-refractivity contribution is -0.138. The largest absolute Gasteiger partial charge is 0.453 e. The standard InChI is InChI=1S/C11H10N2O2.C2H6.CH4/c1-2-8-15-11(14)10(13-12)9-6-4-3-5-7-9;1-2;/h2-7H,1,8H2;1-2H3;1H4. The molecule has 4 heteroatoms. The van der Waals surface area contributed by atoms with Crippen molar-refractivity contribution in [1.82, 2.24) is 0 Å². The summed E-state index contributed by atoms with van der Waals surface area (Å²) in [7, 11) is 0. The van der Waals surface area contributed by atoms with Gasteiger partial charge in [-0.1, -0.05) is 52.1 Å². The third kappa shape index (κ3) is 5.77. The molecule has 0 saturated carbocycles. The zero-order valence-electron chi connectivity index (χ0n) is 10.1. The number of benzene rings is 1. The van der Waals surface area contributed by atoms with Gasteiger partial charge in [0, 0.05) is 0 Å². The van der Waals surface area contributed by atoms with Crippen molar-refractivity contribution in [3.8, 4) is 0 Å². The van der Waals surface area contributed by atoms with Gasteiger partial charge in [0.15, 0.2) is 0 Å². The van der Waals surface area contributed by atoms with Crippen molar-refractivity contribution in [2.75, 3.05) is 6.61 Å². The fraction of sp³-hybridized carbons (Fsp3) is 0.286. The fourth-order valence-electron chi connectivity index (χ4n) is 1.02. The summed E-state index contributed by atoms with van der Waals surface area (Å²) in [6.45, 7) is 7.50. The van der Waals surface area contributed by atoms with Gasteiger partial charge >= 0.3 is 11.7 Å². The first-order chi connectivity index (χ1) is 8.29. The quantitative estimate of drug-likeness (QED) is 0.270. The molecular formula is C14H20N2O2. The van der Waals surface area contributed by atoms with Crippen molar-refractivity contribution in [3.05, 3.63) is 54.1 Å². The highest BCUT2D eigenvalue weighted by Crippen LogP contribution is 2.00. The second kappa shape index (κ2) is 11.3. The molecule has 1 rings (SSSR count). The molecule has 0 amide bonds. The van der Waals surface area contributed by atoms with Crippen LogP contribution >= 0.6 is 0 Å². The summed E-state index contributed by atoms with van der Waals surface area (Å²) in [5, 5.41) is 0. The average Bonchev–Trinajstić information content (AvgIpc) is 2.41. The predicted octanol–water partition coefficient (Wildman–Crippen LogP) is 3.10. The Hall–Kier alpha value is -2.19. The minimum absolute atomic E-state index is 0. The smallest absolute Gasteiger partial charge is 0.422 e. The highest BCUT2D eigenvalue weighted by Gasteiger charge is 2.23. The van der Waals surface area contributed by atoms with E-state index in [1.54, 1.807) is 30.3 Å². The van der Waals surface area contributed by atoms with E-state index in [9.17, 15) is 4.79 Å². The van der Waals surface area contributed by atoms with E-state index >= 15 is 0 Å². The molecule has 0 saturated heterocycles. The van der Waals surface area contributed by atoms with Crippen LogP contribution in [0.5, 0.6) is 0 Å². The number of carbonyl (C=O) groups is 1. The predicted molar refractivity (Wildman–Crippen MR) is 73.4 cm³/mol. The van der Waals surface area contributed by atoms with E-state index in [-0.39, 0.29) is 19.7 Å². The van der Waals surface area contributed by atoms with Gasteiger partial charge in [-0.25, -0.2) is 4.79 Å². The van der Waals surface area contributed by atoms with E-state index in [0.29, 0.717) is 5.56 Å². The average molecular weight is 248 g/mol. The minimum atomic E-state index is -0.677. The lowest BCUT2D eigenvalue weighted by atomic mass is 10.1. The molecule has 18 heavy (non-hydrogen) atoms. The first-order valence-electron chi connectivity index (χ1n) is 5.35. The molecule has 0 bridgehead atoms. The van der Waals surface area contributed by atoms with Crippen molar-refractivity contribution in [2.45, 2.75) is 21.3 Å². The summed E-state index contributed by atoms with van der Waals surface area (Å²) in [5.41, 5.74) is 9.11. The summed E-state index contributed by atoms with van der Waals surface area (Å²) in [6.07, 6.45) is 1.44. The van der Waals surface area contributed by atoms with Gasteiger partial charge in [-0.05, 0) is 12.1 Å². The molecule has 0 aliphatic heterocycles. The van der Waals surface area contributed by atoms with Gasteiger partial charge in [0.05, 0.1) is 5.56 Å². The lowest BCUT2D eigenvalue weighted by Gasteiger charge is -1.97. The Morgan fingerprint density at radius 1 is 1.39 bits per heavy atom. The van der Waals surface area contributed by atoms with E-state index in [2.05, 4.69) is 11.4 Å². The van der Waals surface area contributed by atoms with Gasteiger partial charge < -0.3 is 10.3 Å². The van der Waals surface area contributed by atoms with E-state index in [0.717, 1.165) is 0 Å². The van der Waals surface area contributed by atoms with E-state index in [4.69, 9.17) is 10.3 Å². The summed E-state index contributed by atoms with van der Waals surface area (Å²) in [5.74, 6) is -0.677. The number of hydrogen-bond acceptors (Lipinski definition) is 2. The Morgan fingerprint density at radius 3 is 2.39 bits per heavy atom. The number of carbonyl (C=O) groups excluding carboxylic acids is 1. The van der Waals surface area contributed by atoms with Crippen LogP contribution in [0, 0.1) is 0 Å². The molecule has 0 unspecified atom stereocenters. The van der Waals surface area contributed by atoms with Crippen LogP contribution in [0.2, 0.25) is 0 Å². The van der Waals surface area contributed by atoms with Gasteiger partial charge in [-0.15, -0.1) is 0 Å². The zero-order chi connectivity index (χ0) is 13.1.